The van der Waals surface area contributed by atoms with Crippen LogP contribution in [0.3, 0.4) is 0 Å². The standard InChI is InChI=1S/C13H22O2/c1-2-5-15-9-13(14)8-12-7-10-3-4-11(12)6-10/h10-12H,2-9H2,1H3. The minimum absolute atomic E-state index is 0.320. The van der Waals surface area contributed by atoms with E-state index in [0.29, 0.717) is 18.3 Å². The molecule has 2 aliphatic rings. The van der Waals surface area contributed by atoms with E-state index in [1.807, 2.05) is 0 Å². The zero-order chi connectivity index (χ0) is 10.7. The molecule has 0 spiro atoms. The molecule has 0 radical (unpaired) electrons. The quantitative estimate of drug-likeness (QED) is 0.630. The van der Waals surface area contributed by atoms with Crippen LogP contribution in [-0.4, -0.2) is 19.0 Å². The smallest absolute Gasteiger partial charge is 0.158 e. The fourth-order valence-electron chi connectivity index (χ4n) is 3.31. The van der Waals surface area contributed by atoms with Crippen molar-refractivity contribution >= 4 is 5.78 Å². The summed E-state index contributed by atoms with van der Waals surface area (Å²) < 4.78 is 5.29. The minimum Gasteiger partial charge on any atom is -0.374 e. The largest absolute Gasteiger partial charge is 0.374 e. The first-order valence-electron chi connectivity index (χ1n) is 6.39. The van der Waals surface area contributed by atoms with E-state index >= 15 is 0 Å². The lowest BCUT2D eigenvalue weighted by Gasteiger charge is -2.20. The topological polar surface area (TPSA) is 26.3 Å². The van der Waals surface area contributed by atoms with Gasteiger partial charge in [-0.1, -0.05) is 13.3 Å². The zero-order valence-corrected chi connectivity index (χ0v) is 9.71. The summed E-state index contributed by atoms with van der Waals surface area (Å²) in [6, 6.07) is 0. The summed E-state index contributed by atoms with van der Waals surface area (Å²) in [5.41, 5.74) is 0. The summed E-state index contributed by atoms with van der Waals surface area (Å²) in [4.78, 5) is 11.6. The molecule has 0 aromatic carbocycles. The van der Waals surface area contributed by atoms with Crippen molar-refractivity contribution in [1.82, 2.24) is 0 Å². The van der Waals surface area contributed by atoms with Gasteiger partial charge in [0.1, 0.15) is 6.61 Å². The highest BCUT2D eigenvalue weighted by molar-refractivity contribution is 5.79. The molecule has 0 heterocycles. The van der Waals surface area contributed by atoms with Crippen LogP contribution < -0.4 is 0 Å². The molecule has 0 aromatic heterocycles. The lowest BCUT2D eigenvalue weighted by Crippen LogP contribution is -2.18. The van der Waals surface area contributed by atoms with E-state index in [0.717, 1.165) is 31.3 Å². The van der Waals surface area contributed by atoms with Gasteiger partial charge >= 0.3 is 0 Å². The molecule has 2 nitrogen and oxygen atoms in total. The fraction of sp³-hybridized carbons (Fsp3) is 0.923. The van der Waals surface area contributed by atoms with Crippen molar-refractivity contribution in [1.29, 1.82) is 0 Å². The molecule has 3 atom stereocenters. The van der Waals surface area contributed by atoms with Crippen molar-refractivity contribution < 1.29 is 9.53 Å². The Hall–Kier alpha value is -0.370. The Balaban J connectivity index is 1.66. The fourth-order valence-corrected chi connectivity index (χ4v) is 3.31. The van der Waals surface area contributed by atoms with E-state index in [1.54, 1.807) is 0 Å². The SMILES string of the molecule is CCCOCC(=O)CC1CC2CCC1C2. The molecule has 15 heavy (non-hydrogen) atoms. The van der Waals surface area contributed by atoms with Crippen molar-refractivity contribution in [2.24, 2.45) is 17.8 Å². The highest BCUT2D eigenvalue weighted by Crippen LogP contribution is 2.49. The number of carbonyl (C=O) groups excluding carboxylic acids is 1. The molecule has 3 unspecified atom stereocenters. The van der Waals surface area contributed by atoms with Gasteiger partial charge in [0.25, 0.3) is 0 Å². The van der Waals surface area contributed by atoms with E-state index < -0.39 is 0 Å². The highest BCUT2D eigenvalue weighted by atomic mass is 16.5. The van der Waals surface area contributed by atoms with Gasteiger partial charge < -0.3 is 4.74 Å². The number of fused-ring (bicyclic) bond motifs is 2. The number of rotatable bonds is 6. The Labute approximate surface area is 92.4 Å². The van der Waals surface area contributed by atoms with Gasteiger partial charge in [-0.25, -0.2) is 0 Å². The maximum atomic E-state index is 11.6. The summed E-state index contributed by atoms with van der Waals surface area (Å²) in [6.45, 7) is 3.14. The number of ether oxygens (including phenoxy) is 1. The Kier molecular flexibility index (Phi) is 3.79. The van der Waals surface area contributed by atoms with Gasteiger partial charge in [-0.2, -0.15) is 0 Å². The molecule has 2 fully saturated rings. The third-order valence-electron chi connectivity index (χ3n) is 3.99. The molecule has 0 amide bonds. The number of hydrogen-bond acceptors (Lipinski definition) is 2. The van der Waals surface area contributed by atoms with E-state index in [4.69, 9.17) is 4.74 Å². The zero-order valence-electron chi connectivity index (χ0n) is 9.71. The molecule has 2 saturated carbocycles. The molecule has 86 valence electrons. The summed E-state index contributed by atoms with van der Waals surface area (Å²) in [7, 11) is 0. The van der Waals surface area contributed by atoms with Crippen molar-refractivity contribution in [3.8, 4) is 0 Å². The van der Waals surface area contributed by atoms with Gasteiger partial charge in [0.05, 0.1) is 0 Å². The van der Waals surface area contributed by atoms with Crippen LogP contribution in [0.2, 0.25) is 0 Å². The third kappa shape index (κ3) is 2.81. The van der Waals surface area contributed by atoms with E-state index in [-0.39, 0.29) is 0 Å². The van der Waals surface area contributed by atoms with Crippen molar-refractivity contribution in [2.45, 2.75) is 45.4 Å². The average Bonchev–Trinajstić information content (AvgIpc) is 2.79. The second kappa shape index (κ2) is 5.11. The average molecular weight is 210 g/mol. The van der Waals surface area contributed by atoms with Crippen LogP contribution in [0.1, 0.15) is 45.4 Å². The lowest BCUT2D eigenvalue weighted by molar-refractivity contribution is -0.124. The molecular weight excluding hydrogens is 188 g/mol. The van der Waals surface area contributed by atoms with Crippen LogP contribution >= 0.6 is 0 Å². The molecule has 2 aliphatic carbocycles. The summed E-state index contributed by atoms with van der Waals surface area (Å²) >= 11 is 0. The Morgan fingerprint density at radius 2 is 2.20 bits per heavy atom. The number of hydrogen-bond donors (Lipinski definition) is 0. The first-order chi connectivity index (χ1) is 7.29. The van der Waals surface area contributed by atoms with E-state index in [2.05, 4.69) is 6.92 Å². The number of ketones is 1. The Morgan fingerprint density at radius 1 is 1.33 bits per heavy atom. The second-order valence-corrected chi connectivity index (χ2v) is 5.23. The normalized spacial score (nSPS) is 33.5. The van der Waals surface area contributed by atoms with Crippen molar-refractivity contribution in [2.75, 3.05) is 13.2 Å². The van der Waals surface area contributed by atoms with Gasteiger partial charge in [0.2, 0.25) is 0 Å². The van der Waals surface area contributed by atoms with E-state index in [1.165, 1.54) is 25.7 Å². The Bertz CT molecular complexity index is 225. The highest BCUT2D eigenvalue weighted by Gasteiger charge is 2.39. The lowest BCUT2D eigenvalue weighted by atomic mass is 9.85. The molecular formula is C13H22O2. The summed E-state index contributed by atoms with van der Waals surface area (Å²) in [5, 5.41) is 0. The number of carbonyl (C=O) groups is 1. The maximum absolute atomic E-state index is 11.6. The third-order valence-corrected chi connectivity index (χ3v) is 3.99. The van der Waals surface area contributed by atoms with Crippen LogP contribution in [0.4, 0.5) is 0 Å². The van der Waals surface area contributed by atoms with Gasteiger partial charge in [-0.3, -0.25) is 4.79 Å². The van der Waals surface area contributed by atoms with Gasteiger partial charge in [0.15, 0.2) is 5.78 Å². The van der Waals surface area contributed by atoms with Crippen LogP contribution in [0.15, 0.2) is 0 Å². The first-order valence-corrected chi connectivity index (χ1v) is 6.39. The molecule has 2 heteroatoms. The molecule has 0 aromatic rings. The second-order valence-electron chi connectivity index (χ2n) is 5.23. The van der Waals surface area contributed by atoms with Crippen molar-refractivity contribution in [3.05, 3.63) is 0 Å². The van der Waals surface area contributed by atoms with Gasteiger partial charge in [0, 0.05) is 13.0 Å². The van der Waals surface area contributed by atoms with Gasteiger partial charge in [-0.15, -0.1) is 0 Å². The maximum Gasteiger partial charge on any atom is 0.158 e. The monoisotopic (exact) mass is 210 g/mol. The predicted molar refractivity (Wildman–Crippen MR) is 59.7 cm³/mol. The Morgan fingerprint density at radius 3 is 2.80 bits per heavy atom. The van der Waals surface area contributed by atoms with E-state index in [9.17, 15) is 4.79 Å². The number of Topliss-reactive ketones (excluding diaryl/α,β-unsaturated/α-hetero) is 1. The molecule has 2 rings (SSSR count). The molecule has 0 aliphatic heterocycles. The molecule has 0 N–H and O–H groups in total. The van der Waals surface area contributed by atoms with Gasteiger partial charge in [-0.05, 0) is 43.4 Å². The predicted octanol–water partition coefficient (Wildman–Crippen LogP) is 2.81. The van der Waals surface area contributed by atoms with Crippen LogP contribution in [0.25, 0.3) is 0 Å². The van der Waals surface area contributed by atoms with Crippen LogP contribution in [0, 0.1) is 17.8 Å². The molecule has 0 saturated heterocycles. The van der Waals surface area contributed by atoms with Crippen molar-refractivity contribution in [3.63, 3.8) is 0 Å². The minimum atomic E-state index is 0.320. The molecule has 2 bridgehead atoms. The summed E-state index contributed by atoms with van der Waals surface area (Å²) in [6.07, 6.45) is 7.28. The van der Waals surface area contributed by atoms with Crippen LogP contribution in [-0.2, 0) is 9.53 Å². The van der Waals surface area contributed by atoms with Crippen LogP contribution in [0.5, 0.6) is 0 Å². The first kappa shape index (κ1) is 11.1. The summed E-state index contributed by atoms with van der Waals surface area (Å²) in [5.74, 6) is 2.83.